The van der Waals surface area contributed by atoms with Crippen molar-refractivity contribution in [3.05, 3.63) is 42.0 Å². The zero-order chi connectivity index (χ0) is 26.7. The van der Waals surface area contributed by atoms with Gasteiger partial charge in [-0.1, -0.05) is 5.10 Å². The highest BCUT2D eigenvalue weighted by atomic mass is 32.2. The van der Waals surface area contributed by atoms with Crippen LogP contribution in [0.5, 0.6) is 17.2 Å². The summed E-state index contributed by atoms with van der Waals surface area (Å²) >= 11 is 0. The molecule has 0 bridgehead atoms. The number of hydrogen-bond acceptors (Lipinski definition) is 10. The number of benzene rings is 2. The lowest BCUT2D eigenvalue weighted by molar-refractivity contribution is -0.0440. The first-order valence-corrected chi connectivity index (χ1v) is 12.8. The molecule has 1 aliphatic heterocycles. The topological polar surface area (TPSA) is 142 Å². The molecule has 2 heterocycles. The summed E-state index contributed by atoms with van der Waals surface area (Å²) in [5.41, 5.74) is 0.707. The van der Waals surface area contributed by atoms with Crippen molar-refractivity contribution >= 4 is 21.9 Å². The van der Waals surface area contributed by atoms with E-state index in [1.165, 1.54) is 49.9 Å². The van der Waals surface area contributed by atoms with E-state index in [-0.39, 0.29) is 47.7 Å². The van der Waals surface area contributed by atoms with E-state index in [4.69, 9.17) is 23.4 Å². The SMILES string of the molecule is COc1cc(-c2nnc(NC(=O)c3ccc(S(=O)(=O)N4C[C@@H](C)O[C@@H](C)C4)cc3)o2)cc(OC)c1OC. The maximum absolute atomic E-state index is 13.0. The number of nitrogens with one attached hydrogen (secondary N) is 1. The predicted octanol–water partition coefficient (Wildman–Crippen LogP) is 2.81. The third-order valence-electron chi connectivity index (χ3n) is 5.70. The van der Waals surface area contributed by atoms with Crippen LogP contribution in [0.1, 0.15) is 24.2 Å². The fourth-order valence-electron chi connectivity index (χ4n) is 4.02. The van der Waals surface area contributed by atoms with Gasteiger partial charge in [0.25, 0.3) is 5.91 Å². The number of carbonyl (C=O) groups is 1. The van der Waals surface area contributed by atoms with E-state index in [1.54, 1.807) is 12.1 Å². The normalized spacial score (nSPS) is 18.3. The third-order valence-corrected chi connectivity index (χ3v) is 7.54. The van der Waals surface area contributed by atoms with Crippen molar-refractivity contribution in [1.29, 1.82) is 0 Å². The van der Waals surface area contributed by atoms with Gasteiger partial charge < -0.3 is 23.4 Å². The molecule has 37 heavy (non-hydrogen) atoms. The fraction of sp³-hybridized carbons (Fsp3) is 0.375. The molecule has 13 heteroatoms. The summed E-state index contributed by atoms with van der Waals surface area (Å²) in [7, 11) is 0.740. The highest BCUT2D eigenvalue weighted by Crippen LogP contribution is 2.41. The Morgan fingerprint density at radius 1 is 0.973 bits per heavy atom. The Morgan fingerprint density at radius 3 is 2.11 bits per heavy atom. The summed E-state index contributed by atoms with van der Waals surface area (Å²) in [6, 6.07) is 8.76. The summed E-state index contributed by atoms with van der Waals surface area (Å²) in [5, 5.41) is 10.4. The average molecular weight is 533 g/mol. The smallest absolute Gasteiger partial charge is 0.322 e. The van der Waals surface area contributed by atoms with Gasteiger partial charge in [0.15, 0.2) is 11.5 Å². The molecule has 4 rings (SSSR count). The highest BCUT2D eigenvalue weighted by molar-refractivity contribution is 7.89. The number of hydrogen-bond donors (Lipinski definition) is 1. The molecular weight excluding hydrogens is 504 g/mol. The summed E-state index contributed by atoms with van der Waals surface area (Å²) in [6.45, 7) is 4.19. The number of ether oxygens (including phenoxy) is 4. The first-order valence-electron chi connectivity index (χ1n) is 11.4. The summed E-state index contributed by atoms with van der Waals surface area (Å²) in [4.78, 5) is 12.8. The molecule has 1 amide bonds. The van der Waals surface area contributed by atoms with Gasteiger partial charge in [0, 0.05) is 24.2 Å². The second-order valence-electron chi connectivity index (χ2n) is 8.38. The lowest BCUT2D eigenvalue weighted by Crippen LogP contribution is -2.48. The summed E-state index contributed by atoms with van der Waals surface area (Å²) in [6.07, 6.45) is -0.411. The van der Waals surface area contributed by atoms with Gasteiger partial charge in [-0.25, -0.2) is 8.42 Å². The van der Waals surface area contributed by atoms with Crippen molar-refractivity contribution in [3.63, 3.8) is 0 Å². The molecule has 2 atom stereocenters. The summed E-state index contributed by atoms with van der Waals surface area (Å²) in [5.74, 6) is 0.779. The number of aromatic nitrogens is 2. The van der Waals surface area contributed by atoms with Gasteiger partial charge in [-0.05, 0) is 50.2 Å². The van der Waals surface area contributed by atoms with Crippen LogP contribution < -0.4 is 19.5 Å². The van der Waals surface area contributed by atoms with Crippen LogP contribution in [-0.4, -0.2) is 75.5 Å². The van der Waals surface area contributed by atoms with Crippen LogP contribution in [0.3, 0.4) is 0 Å². The molecule has 198 valence electrons. The maximum atomic E-state index is 13.0. The second-order valence-corrected chi connectivity index (χ2v) is 10.3. The molecule has 3 aromatic rings. The molecule has 0 radical (unpaired) electrons. The maximum Gasteiger partial charge on any atom is 0.322 e. The number of amides is 1. The van der Waals surface area contributed by atoms with Crippen molar-refractivity contribution in [1.82, 2.24) is 14.5 Å². The van der Waals surface area contributed by atoms with Crippen molar-refractivity contribution < 1.29 is 36.6 Å². The minimum Gasteiger partial charge on any atom is -0.493 e. The fourth-order valence-corrected chi connectivity index (χ4v) is 5.61. The van der Waals surface area contributed by atoms with Crippen LogP contribution in [0, 0.1) is 0 Å². The number of carbonyl (C=O) groups excluding carboxylic acids is 1. The van der Waals surface area contributed by atoms with Crippen molar-refractivity contribution in [3.8, 4) is 28.7 Å². The molecule has 0 unspecified atom stereocenters. The lowest BCUT2D eigenvalue weighted by atomic mass is 10.2. The number of rotatable bonds is 8. The molecule has 2 aromatic carbocycles. The largest absolute Gasteiger partial charge is 0.493 e. The zero-order valence-corrected chi connectivity index (χ0v) is 21.9. The van der Waals surface area contributed by atoms with E-state index in [0.717, 1.165) is 0 Å². The van der Waals surface area contributed by atoms with E-state index < -0.39 is 15.9 Å². The predicted molar refractivity (Wildman–Crippen MR) is 133 cm³/mol. The molecule has 0 spiro atoms. The van der Waals surface area contributed by atoms with Crippen LogP contribution in [-0.2, 0) is 14.8 Å². The Bertz CT molecular complexity index is 1340. The van der Waals surface area contributed by atoms with E-state index in [9.17, 15) is 13.2 Å². The summed E-state index contributed by atoms with van der Waals surface area (Å²) < 4.78 is 54.6. The van der Waals surface area contributed by atoms with Crippen molar-refractivity contribution in [2.24, 2.45) is 0 Å². The van der Waals surface area contributed by atoms with Gasteiger partial charge in [-0.2, -0.15) is 4.31 Å². The quantitative estimate of drug-likeness (QED) is 0.460. The number of nitrogens with zero attached hydrogens (tertiary/aromatic N) is 3. The molecule has 1 fully saturated rings. The van der Waals surface area contributed by atoms with E-state index in [0.29, 0.717) is 22.8 Å². The van der Waals surface area contributed by atoms with Crippen LogP contribution in [0.15, 0.2) is 45.7 Å². The Labute approximate surface area is 214 Å². The molecule has 1 saturated heterocycles. The first kappa shape index (κ1) is 26.4. The molecule has 0 aliphatic carbocycles. The Kier molecular flexibility index (Phi) is 7.66. The number of morpholine rings is 1. The van der Waals surface area contributed by atoms with Crippen LogP contribution in [0.4, 0.5) is 6.01 Å². The standard InChI is InChI=1S/C24H28N4O8S/c1-14-12-28(13-15(2)35-14)37(30,31)18-8-6-16(7-9-18)22(29)25-24-27-26-23(36-24)17-10-19(32-3)21(34-5)20(11-17)33-4/h6-11,14-15H,12-13H2,1-5H3,(H,25,27,29)/t14-,15+. The average Bonchev–Trinajstić information content (AvgIpc) is 3.35. The zero-order valence-electron chi connectivity index (χ0n) is 21.0. The molecular formula is C24H28N4O8S. The minimum absolute atomic E-state index is 0.0906. The van der Waals surface area contributed by atoms with E-state index in [1.807, 2.05) is 13.8 Å². The van der Waals surface area contributed by atoms with Gasteiger partial charge in [-0.3, -0.25) is 10.1 Å². The van der Waals surface area contributed by atoms with E-state index >= 15 is 0 Å². The van der Waals surface area contributed by atoms with Crippen LogP contribution in [0.25, 0.3) is 11.5 Å². The van der Waals surface area contributed by atoms with Gasteiger partial charge in [0.05, 0.1) is 38.4 Å². The molecule has 1 N–H and O–H groups in total. The van der Waals surface area contributed by atoms with Gasteiger partial charge >= 0.3 is 6.01 Å². The monoisotopic (exact) mass is 532 g/mol. The Morgan fingerprint density at radius 2 is 1.57 bits per heavy atom. The van der Waals surface area contributed by atoms with Gasteiger partial charge in [0.2, 0.25) is 21.7 Å². The highest BCUT2D eigenvalue weighted by Gasteiger charge is 2.32. The van der Waals surface area contributed by atoms with Crippen molar-refractivity contribution in [2.45, 2.75) is 31.0 Å². The minimum atomic E-state index is -3.72. The number of sulfonamides is 1. The van der Waals surface area contributed by atoms with E-state index in [2.05, 4.69) is 15.5 Å². The van der Waals surface area contributed by atoms with Crippen molar-refractivity contribution in [2.75, 3.05) is 39.7 Å². The Balaban J connectivity index is 1.48. The molecule has 1 aromatic heterocycles. The van der Waals surface area contributed by atoms with Gasteiger partial charge in [-0.15, -0.1) is 5.10 Å². The second kappa shape index (κ2) is 10.7. The number of methoxy groups -OCH3 is 3. The number of anilines is 1. The van der Waals surface area contributed by atoms with Crippen LogP contribution >= 0.6 is 0 Å². The Hall–Kier alpha value is -3.68. The lowest BCUT2D eigenvalue weighted by Gasteiger charge is -2.34. The molecule has 12 nitrogen and oxygen atoms in total. The van der Waals surface area contributed by atoms with Gasteiger partial charge in [0.1, 0.15) is 0 Å². The van der Waals surface area contributed by atoms with Crippen LogP contribution in [0.2, 0.25) is 0 Å². The molecule has 0 saturated carbocycles. The first-order chi connectivity index (χ1) is 17.7. The molecule has 1 aliphatic rings. The third kappa shape index (κ3) is 5.53.